The minimum atomic E-state index is -4.17. The normalized spacial score (nSPS) is 12.8. The number of sulfonamides is 1. The van der Waals surface area contributed by atoms with Gasteiger partial charge in [0.05, 0.1) is 42.2 Å². The molecular formula is C33H43N5O8S. The number of hydrogen-bond donors (Lipinski definition) is 2. The number of methoxy groups -OCH3 is 1. The standard InChI is InChI=1S/C33H43N5O8S/c1-24(2)20-37(47(44,45)29-17-13-27(14-18-29)38(42)43)21-31(39)30(19-25-9-7-6-8-10-25)34-32(40)22-36(23-33(41)35(3)4)26-11-15-28(46-5)16-12-26/h6-18,24,30-31,39H,19-23H2,1-5H3,(H,34,40)/t30-,31-/m0/s1. The smallest absolute Gasteiger partial charge is 0.269 e. The number of carbonyl (C=O) groups is 2. The maximum atomic E-state index is 13.7. The second-order valence-electron chi connectivity index (χ2n) is 11.7. The lowest BCUT2D eigenvalue weighted by atomic mass is 10.0. The summed E-state index contributed by atoms with van der Waals surface area (Å²) in [4.78, 5) is 39.6. The van der Waals surface area contributed by atoms with Crippen LogP contribution < -0.4 is 15.0 Å². The molecular weight excluding hydrogens is 626 g/mol. The number of amides is 2. The van der Waals surface area contributed by atoms with Gasteiger partial charge in [-0.05, 0) is 54.3 Å². The number of likely N-dealkylation sites (N-methyl/N-ethyl adjacent to an activating group) is 1. The fraction of sp³-hybridized carbons (Fsp3) is 0.394. The Morgan fingerprint density at radius 2 is 1.55 bits per heavy atom. The van der Waals surface area contributed by atoms with Gasteiger partial charge in [0.1, 0.15) is 5.75 Å². The van der Waals surface area contributed by atoms with Crippen molar-refractivity contribution in [2.75, 3.05) is 52.3 Å². The van der Waals surface area contributed by atoms with Gasteiger partial charge in [-0.2, -0.15) is 4.31 Å². The van der Waals surface area contributed by atoms with Gasteiger partial charge in [0.15, 0.2) is 0 Å². The number of anilines is 1. The third kappa shape index (κ3) is 10.8. The predicted octanol–water partition coefficient (Wildman–Crippen LogP) is 2.93. The minimum absolute atomic E-state index is 0.0558. The summed E-state index contributed by atoms with van der Waals surface area (Å²) in [6, 6.07) is 19.7. The molecule has 0 fully saturated rings. The first kappa shape index (κ1) is 36.9. The van der Waals surface area contributed by atoms with Gasteiger partial charge >= 0.3 is 0 Å². The summed E-state index contributed by atoms with van der Waals surface area (Å²) in [6.45, 7) is 3.05. The molecule has 2 N–H and O–H groups in total. The van der Waals surface area contributed by atoms with E-state index < -0.39 is 33.0 Å². The number of hydrogen-bond acceptors (Lipinski definition) is 9. The fourth-order valence-corrected chi connectivity index (χ4v) is 6.44. The molecule has 2 atom stereocenters. The summed E-state index contributed by atoms with van der Waals surface area (Å²) < 4.78 is 33.8. The predicted molar refractivity (Wildman–Crippen MR) is 179 cm³/mol. The number of nitro groups is 1. The van der Waals surface area contributed by atoms with Crippen LogP contribution in [0, 0.1) is 16.0 Å². The molecule has 0 aliphatic heterocycles. The van der Waals surface area contributed by atoms with Crippen molar-refractivity contribution in [1.29, 1.82) is 0 Å². The summed E-state index contributed by atoms with van der Waals surface area (Å²) in [7, 11) is 0.601. The summed E-state index contributed by atoms with van der Waals surface area (Å²) in [5, 5.41) is 25.5. The summed E-state index contributed by atoms with van der Waals surface area (Å²) in [5.74, 6) is -0.224. The zero-order valence-electron chi connectivity index (χ0n) is 27.3. The highest BCUT2D eigenvalue weighted by atomic mass is 32.2. The maximum Gasteiger partial charge on any atom is 0.269 e. The molecule has 3 rings (SSSR count). The van der Waals surface area contributed by atoms with Gasteiger partial charge in [-0.1, -0.05) is 44.2 Å². The van der Waals surface area contributed by atoms with Gasteiger partial charge < -0.3 is 25.0 Å². The Morgan fingerprint density at radius 1 is 0.936 bits per heavy atom. The van der Waals surface area contributed by atoms with Crippen LogP contribution in [0.25, 0.3) is 0 Å². The van der Waals surface area contributed by atoms with Crippen molar-refractivity contribution in [3.05, 3.63) is 94.5 Å². The molecule has 0 bridgehead atoms. The lowest BCUT2D eigenvalue weighted by Gasteiger charge is -2.31. The lowest BCUT2D eigenvalue weighted by molar-refractivity contribution is -0.384. The first-order chi connectivity index (χ1) is 22.2. The van der Waals surface area contributed by atoms with Crippen molar-refractivity contribution < 1.29 is 32.8 Å². The van der Waals surface area contributed by atoms with E-state index in [4.69, 9.17) is 4.74 Å². The molecule has 14 heteroatoms. The van der Waals surface area contributed by atoms with Crippen molar-refractivity contribution in [3.8, 4) is 5.75 Å². The van der Waals surface area contributed by atoms with Crippen LogP contribution in [0.5, 0.6) is 5.75 Å². The molecule has 0 spiro atoms. The number of nitrogens with zero attached hydrogens (tertiary/aromatic N) is 4. The number of benzene rings is 3. The highest BCUT2D eigenvalue weighted by Crippen LogP contribution is 2.23. The molecule has 0 unspecified atom stereocenters. The average Bonchev–Trinajstić information content (AvgIpc) is 3.04. The van der Waals surface area contributed by atoms with E-state index in [0.717, 1.165) is 22.0 Å². The van der Waals surface area contributed by atoms with Crippen LogP contribution in [0.1, 0.15) is 19.4 Å². The van der Waals surface area contributed by atoms with Crippen LogP contribution in [0.2, 0.25) is 0 Å². The first-order valence-electron chi connectivity index (χ1n) is 15.1. The number of nitro benzene ring substituents is 1. The van der Waals surface area contributed by atoms with E-state index in [-0.39, 0.29) is 55.0 Å². The SMILES string of the molecule is COc1ccc(N(CC(=O)N[C@@H](Cc2ccccc2)[C@@H](O)CN(CC(C)C)S(=O)(=O)c2ccc([N+](=O)[O-])cc2)CC(=O)N(C)C)cc1. The van der Waals surface area contributed by atoms with Crippen LogP contribution in [0.15, 0.2) is 83.8 Å². The van der Waals surface area contributed by atoms with E-state index in [2.05, 4.69) is 5.32 Å². The highest BCUT2D eigenvalue weighted by Gasteiger charge is 2.32. The van der Waals surface area contributed by atoms with Crippen LogP contribution in [-0.4, -0.2) is 99.0 Å². The van der Waals surface area contributed by atoms with Crippen LogP contribution >= 0.6 is 0 Å². The molecule has 47 heavy (non-hydrogen) atoms. The zero-order chi connectivity index (χ0) is 34.7. The minimum Gasteiger partial charge on any atom is -0.497 e. The van der Waals surface area contributed by atoms with Gasteiger partial charge in [-0.15, -0.1) is 0 Å². The van der Waals surface area contributed by atoms with Gasteiger partial charge in [-0.3, -0.25) is 19.7 Å². The molecule has 0 saturated heterocycles. The Balaban J connectivity index is 1.89. The lowest BCUT2D eigenvalue weighted by Crippen LogP contribution is -2.53. The molecule has 0 aliphatic carbocycles. The van der Waals surface area contributed by atoms with Crippen molar-refractivity contribution in [1.82, 2.24) is 14.5 Å². The topological polar surface area (TPSA) is 163 Å². The van der Waals surface area contributed by atoms with Crippen molar-refractivity contribution in [2.24, 2.45) is 5.92 Å². The van der Waals surface area contributed by atoms with Crippen LogP contribution in [0.4, 0.5) is 11.4 Å². The average molecular weight is 670 g/mol. The molecule has 13 nitrogen and oxygen atoms in total. The van der Waals surface area contributed by atoms with Crippen molar-refractivity contribution >= 4 is 33.2 Å². The molecule has 3 aromatic carbocycles. The Hall–Kier alpha value is -4.53. The molecule has 0 aliphatic rings. The molecule has 3 aromatic rings. The molecule has 254 valence electrons. The van der Waals surface area contributed by atoms with E-state index in [0.29, 0.717) is 11.4 Å². The van der Waals surface area contributed by atoms with Gasteiger partial charge in [0, 0.05) is 45.0 Å². The Labute approximate surface area is 275 Å². The Morgan fingerprint density at radius 3 is 2.09 bits per heavy atom. The maximum absolute atomic E-state index is 13.7. The number of carbonyl (C=O) groups excluding carboxylic acids is 2. The third-order valence-corrected chi connectivity index (χ3v) is 9.20. The van der Waals surface area contributed by atoms with E-state index >= 15 is 0 Å². The fourth-order valence-electron chi connectivity index (χ4n) is 4.82. The third-order valence-electron chi connectivity index (χ3n) is 7.35. The van der Waals surface area contributed by atoms with E-state index in [1.165, 1.54) is 24.1 Å². The second-order valence-corrected chi connectivity index (χ2v) is 13.7. The summed E-state index contributed by atoms with van der Waals surface area (Å²) in [6.07, 6.45) is -1.15. The Bertz CT molecular complexity index is 1580. The van der Waals surface area contributed by atoms with Gasteiger partial charge in [0.25, 0.3) is 5.69 Å². The number of ether oxygens (including phenoxy) is 1. The van der Waals surface area contributed by atoms with Crippen molar-refractivity contribution in [2.45, 2.75) is 37.3 Å². The quantitative estimate of drug-likeness (QED) is 0.163. The summed E-state index contributed by atoms with van der Waals surface area (Å²) in [5.41, 5.74) is 1.16. The number of non-ortho nitro benzene ring substituents is 1. The van der Waals surface area contributed by atoms with Crippen LogP contribution in [0.3, 0.4) is 0 Å². The molecule has 2 amide bonds. The molecule has 0 heterocycles. The van der Waals surface area contributed by atoms with E-state index in [9.17, 15) is 33.2 Å². The van der Waals surface area contributed by atoms with Gasteiger partial charge in [0.2, 0.25) is 21.8 Å². The van der Waals surface area contributed by atoms with E-state index in [1.807, 2.05) is 44.2 Å². The number of aliphatic hydroxyl groups is 1. The molecule has 0 saturated carbocycles. The second kappa shape index (κ2) is 16.9. The van der Waals surface area contributed by atoms with Gasteiger partial charge in [-0.25, -0.2) is 8.42 Å². The highest BCUT2D eigenvalue weighted by molar-refractivity contribution is 7.89. The largest absolute Gasteiger partial charge is 0.497 e. The van der Waals surface area contributed by atoms with E-state index in [1.54, 1.807) is 43.3 Å². The number of rotatable bonds is 17. The monoisotopic (exact) mass is 669 g/mol. The van der Waals surface area contributed by atoms with Crippen LogP contribution in [-0.2, 0) is 26.0 Å². The number of nitrogens with one attached hydrogen (secondary N) is 1. The molecule has 0 radical (unpaired) electrons. The molecule has 0 aromatic heterocycles. The Kier molecular flexibility index (Phi) is 13.2. The zero-order valence-corrected chi connectivity index (χ0v) is 28.1. The number of aliphatic hydroxyl groups excluding tert-OH is 1. The first-order valence-corrected chi connectivity index (χ1v) is 16.5. The summed E-state index contributed by atoms with van der Waals surface area (Å²) >= 11 is 0. The van der Waals surface area contributed by atoms with Crippen molar-refractivity contribution in [3.63, 3.8) is 0 Å².